The van der Waals surface area contributed by atoms with Gasteiger partial charge in [-0.3, -0.25) is 0 Å². The van der Waals surface area contributed by atoms with Gasteiger partial charge in [-0.1, -0.05) is 13.8 Å². The quantitative estimate of drug-likeness (QED) is 0.636. The molecule has 0 radical (unpaired) electrons. The van der Waals surface area contributed by atoms with Crippen molar-refractivity contribution >= 4 is 0 Å². The van der Waals surface area contributed by atoms with Gasteiger partial charge in [0.05, 0.1) is 6.26 Å². The van der Waals surface area contributed by atoms with Crippen molar-refractivity contribution in [2.75, 3.05) is 0 Å². The Balaban J connectivity index is 1.91. The molecular formula is C16H24O4. The van der Waals surface area contributed by atoms with E-state index >= 15 is 0 Å². The van der Waals surface area contributed by atoms with Crippen LogP contribution >= 0.6 is 0 Å². The Kier molecular flexibility index (Phi) is 2.48. The summed E-state index contributed by atoms with van der Waals surface area (Å²) in [4.78, 5) is 11.8. The first-order valence-electron chi connectivity index (χ1n) is 7.79. The fraction of sp³-hybridized carbons (Fsp3) is 0.875. The second kappa shape index (κ2) is 3.79. The smallest absolute Gasteiger partial charge is 0.235 e. The molecule has 20 heavy (non-hydrogen) atoms. The molecule has 0 unspecified atom stereocenters. The molecule has 5 aliphatic rings. The summed E-state index contributed by atoms with van der Waals surface area (Å²) < 4.78 is 12.1. The van der Waals surface area contributed by atoms with Gasteiger partial charge in [-0.25, -0.2) is 9.78 Å². The summed E-state index contributed by atoms with van der Waals surface area (Å²) >= 11 is 0. The van der Waals surface area contributed by atoms with E-state index in [-0.39, 0.29) is 11.7 Å². The van der Waals surface area contributed by atoms with Crippen LogP contribution in [0.5, 0.6) is 0 Å². The molecule has 0 aromatic rings. The van der Waals surface area contributed by atoms with E-state index in [1.807, 2.05) is 13.2 Å². The lowest BCUT2D eigenvalue weighted by molar-refractivity contribution is -0.562. The molecule has 5 rings (SSSR count). The van der Waals surface area contributed by atoms with Gasteiger partial charge in [0, 0.05) is 17.8 Å². The van der Waals surface area contributed by atoms with Crippen LogP contribution in [-0.2, 0) is 19.2 Å². The number of hydrogen-bond acceptors (Lipinski definition) is 4. The van der Waals surface area contributed by atoms with Crippen molar-refractivity contribution in [3.8, 4) is 0 Å². The monoisotopic (exact) mass is 280 g/mol. The second-order valence-electron chi connectivity index (χ2n) is 7.47. The Morgan fingerprint density at radius 1 is 1.15 bits per heavy atom. The Morgan fingerprint density at radius 2 is 1.95 bits per heavy atom. The van der Waals surface area contributed by atoms with Crippen molar-refractivity contribution in [2.45, 2.75) is 71.1 Å². The van der Waals surface area contributed by atoms with E-state index in [1.165, 1.54) is 12.0 Å². The summed E-state index contributed by atoms with van der Waals surface area (Å²) in [6, 6.07) is 0. The van der Waals surface area contributed by atoms with Crippen molar-refractivity contribution in [3.63, 3.8) is 0 Å². The molecule has 112 valence electrons. The lowest BCUT2D eigenvalue weighted by atomic mass is 9.52. The van der Waals surface area contributed by atoms with Crippen LogP contribution in [0.2, 0.25) is 0 Å². The maximum Gasteiger partial charge on any atom is 0.235 e. The minimum absolute atomic E-state index is 0.0707. The Morgan fingerprint density at radius 3 is 2.75 bits per heavy atom. The normalized spacial score (nSPS) is 57.4. The van der Waals surface area contributed by atoms with Crippen molar-refractivity contribution in [2.24, 2.45) is 17.3 Å². The molecule has 1 aliphatic carbocycles. The fourth-order valence-corrected chi connectivity index (χ4v) is 4.81. The third kappa shape index (κ3) is 1.33. The molecule has 4 fully saturated rings. The first kappa shape index (κ1) is 13.1. The van der Waals surface area contributed by atoms with Gasteiger partial charge >= 0.3 is 0 Å². The standard InChI is InChI=1S/C16H24O4/c1-10-5-7-14(3)11(2)9-17-13-16(14)12(10)6-8-15(4,18-13)19-20-16/h9-10,12-13H,5-8H2,1-4H3/t10-,12+,13-,14+,15-,16+/m1/s1. The molecule has 2 bridgehead atoms. The van der Waals surface area contributed by atoms with Crippen LogP contribution in [-0.4, -0.2) is 17.7 Å². The number of ether oxygens (including phenoxy) is 2. The molecule has 4 heterocycles. The fourth-order valence-electron chi connectivity index (χ4n) is 4.81. The van der Waals surface area contributed by atoms with Crippen molar-refractivity contribution in [1.82, 2.24) is 0 Å². The first-order chi connectivity index (χ1) is 9.41. The molecule has 0 aromatic carbocycles. The minimum Gasteiger partial charge on any atom is -0.469 e. The van der Waals surface area contributed by atoms with Crippen molar-refractivity contribution in [3.05, 3.63) is 11.8 Å². The molecule has 4 heteroatoms. The first-order valence-corrected chi connectivity index (χ1v) is 7.79. The van der Waals surface area contributed by atoms with Crippen LogP contribution < -0.4 is 0 Å². The summed E-state index contributed by atoms with van der Waals surface area (Å²) in [6.07, 6.45) is 5.76. The topological polar surface area (TPSA) is 36.9 Å². The molecule has 0 amide bonds. The number of rotatable bonds is 0. The van der Waals surface area contributed by atoms with Gasteiger partial charge in [0.1, 0.15) is 0 Å². The predicted molar refractivity (Wildman–Crippen MR) is 72.3 cm³/mol. The Labute approximate surface area is 120 Å². The molecular weight excluding hydrogens is 256 g/mol. The van der Waals surface area contributed by atoms with Crippen LogP contribution in [0.3, 0.4) is 0 Å². The molecule has 1 spiro atoms. The van der Waals surface area contributed by atoms with Gasteiger partial charge in [0.15, 0.2) is 5.60 Å². The van der Waals surface area contributed by atoms with E-state index in [9.17, 15) is 0 Å². The summed E-state index contributed by atoms with van der Waals surface area (Å²) in [5, 5.41) is 0. The molecule has 6 atom stereocenters. The zero-order valence-electron chi connectivity index (χ0n) is 12.8. The van der Waals surface area contributed by atoms with E-state index < -0.39 is 11.4 Å². The molecule has 4 aliphatic heterocycles. The van der Waals surface area contributed by atoms with Gasteiger partial charge < -0.3 is 9.47 Å². The molecule has 3 saturated heterocycles. The minimum atomic E-state index is -0.674. The van der Waals surface area contributed by atoms with Crippen molar-refractivity contribution < 1.29 is 19.2 Å². The van der Waals surface area contributed by atoms with E-state index in [1.54, 1.807) is 0 Å². The molecule has 0 aromatic heterocycles. The highest BCUT2D eigenvalue weighted by molar-refractivity contribution is 5.25. The highest BCUT2D eigenvalue weighted by Gasteiger charge is 2.71. The zero-order valence-corrected chi connectivity index (χ0v) is 12.8. The third-order valence-electron chi connectivity index (χ3n) is 6.41. The van der Waals surface area contributed by atoms with Gasteiger partial charge in [-0.05, 0) is 44.6 Å². The Bertz CT molecular complexity index is 475. The van der Waals surface area contributed by atoms with E-state index in [0.29, 0.717) is 11.8 Å². The van der Waals surface area contributed by atoms with Crippen LogP contribution in [0.1, 0.15) is 53.4 Å². The average molecular weight is 280 g/mol. The van der Waals surface area contributed by atoms with Gasteiger partial charge in [-0.2, -0.15) is 0 Å². The number of hydrogen-bond donors (Lipinski definition) is 0. The maximum atomic E-state index is 6.18. The molecule has 4 nitrogen and oxygen atoms in total. The highest BCUT2D eigenvalue weighted by Crippen LogP contribution is 2.64. The van der Waals surface area contributed by atoms with E-state index in [2.05, 4.69) is 20.8 Å². The summed E-state index contributed by atoms with van der Waals surface area (Å²) in [5.41, 5.74) is 0.668. The summed E-state index contributed by atoms with van der Waals surface area (Å²) in [7, 11) is 0. The Hall–Kier alpha value is -0.580. The SMILES string of the molecule is CC1=CO[C@@H]2O[C@@]3(C)CC[C@H]4[C@H](C)CC[C@]1(C)[C@@]24OO3. The van der Waals surface area contributed by atoms with E-state index in [4.69, 9.17) is 19.2 Å². The van der Waals surface area contributed by atoms with Gasteiger partial charge in [0.25, 0.3) is 0 Å². The van der Waals surface area contributed by atoms with E-state index in [0.717, 1.165) is 19.3 Å². The largest absolute Gasteiger partial charge is 0.469 e. The summed E-state index contributed by atoms with van der Waals surface area (Å²) in [6.45, 7) is 8.70. The third-order valence-corrected chi connectivity index (χ3v) is 6.41. The summed E-state index contributed by atoms with van der Waals surface area (Å²) in [5.74, 6) is 0.347. The second-order valence-corrected chi connectivity index (χ2v) is 7.47. The number of fused-ring (bicyclic) bond motifs is 2. The highest BCUT2D eigenvalue weighted by atomic mass is 17.3. The zero-order chi connectivity index (χ0) is 14.2. The predicted octanol–water partition coefficient (Wildman–Crippen LogP) is 3.53. The van der Waals surface area contributed by atoms with Crippen LogP contribution in [0.25, 0.3) is 0 Å². The molecule has 1 saturated carbocycles. The van der Waals surface area contributed by atoms with Crippen LogP contribution in [0.15, 0.2) is 11.8 Å². The van der Waals surface area contributed by atoms with Crippen LogP contribution in [0, 0.1) is 17.3 Å². The van der Waals surface area contributed by atoms with Crippen molar-refractivity contribution in [1.29, 1.82) is 0 Å². The average Bonchev–Trinajstić information content (AvgIpc) is 2.65. The lowest BCUT2D eigenvalue weighted by Gasteiger charge is -2.61. The lowest BCUT2D eigenvalue weighted by Crippen LogP contribution is -2.70. The van der Waals surface area contributed by atoms with Gasteiger partial charge in [-0.15, -0.1) is 0 Å². The molecule has 0 N–H and O–H groups in total. The maximum absolute atomic E-state index is 6.18. The van der Waals surface area contributed by atoms with Crippen LogP contribution in [0.4, 0.5) is 0 Å². The van der Waals surface area contributed by atoms with Gasteiger partial charge in [0.2, 0.25) is 12.1 Å².